The van der Waals surface area contributed by atoms with Gasteiger partial charge in [0.25, 0.3) is 0 Å². The van der Waals surface area contributed by atoms with Gasteiger partial charge in [0.15, 0.2) is 9.84 Å². The fourth-order valence-electron chi connectivity index (χ4n) is 1.47. The highest BCUT2D eigenvalue weighted by atomic mass is 32.2. The van der Waals surface area contributed by atoms with Gasteiger partial charge in [-0.05, 0) is 44.5 Å². The SMILES string of the molecule is Cc1cc(N)ccc1S(=O)CCS(=O)(=O)C(C)C. The van der Waals surface area contributed by atoms with Crippen LogP contribution in [0.15, 0.2) is 23.1 Å². The largest absolute Gasteiger partial charge is 0.399 e. The summed E-state index contributed by atoms with van der Waals surface area (Å²) in [6.45, 7) is 5.08. The Bertz CT molecular complexity index is 550. The molecule has 0 amide bonds. The molecule has 0 aromatic heterocycles. The molecule has 1 unspecified atom stereocenters. The van der Waals surface area contributed by atoms with Gasteiger partial charge in [-0.3, -0.25) is 4.21 Å². The topological polar surface area (TPSA) is 77.2 Å². The first kappa shape index (κ1) is 15.2. The van der Waals surface area contributed by atoms with E-state index in [9.17, 15) is 12.6 Å². The van der Waals surface area contributed by atoms with E-state index in [1.54, 1.807) is 32.0 Å². The number of aryl methyl sites for hydroxylation is 1. The lowest BCUT2D eigenvalue weighted by atomic mass is 10.2. The molecule has 102 valence electrons. The number of nitrogen functional groups attached to an aromatic ring is 1. The minimum absolute atomic E-state index is 0.0545. The summed E-state index contributed by atoms with van der Waals surface area (Å²) in [6, 6.07) is 5.12. The van der Waals surface area contributed by atoms with Crippen LogP contribution in [-0.4, -0.2) is 29.4 Å². The molecule has 1 aromatic rings. The summed E-state index contributed by atoms with van der Waals surface area (Å²) >= 11 is 0. The van der Waals surface area contributed by atoms with Gasteiger partial charge in [-0.15, -0.1) is 0 Å². The van der Waals surface area contributed by atoms with E-state index in [0.717, 1.165) is 5.56 Å². The summed E-state index contributed by atoms with van der Waals surface area (Å²) in [5.74, 6) is 0.0758. The number of benzene rings is 1. The molecule has 0 fully saturated rings. The Morgan fingerprint density at radius 3 is 2.44 bits per heavy atom. The minimum atomic E-state index is -3.14. The van der Waals surface area contributed by atoms with Crippen molar-refractivity contribution in [3.63, 3.8) is 0 Å². The van der Waals surface area contributed by atoms with Crippen LogP contribution in [0.1, 0.15) is 19.4 Å². The van der Waals surface area contributed by atoms with Crippen LogP contribution in [0.25, 0.3) is 0 Å². The van der Waals surface area contributed by atoms with Crippen LogP contribution in [0.4, 0.5) is 5.69 Å². The molecule has 0 radical (unpaired) electrons. The lowest BCUT2D eigenvalue weighted by molar-refractivity contribution is 0.588. The summed E-state index contributed by atoms with van der Waals surface area (Å²) in [4.78, 5) is 0.656. The molecular formula is C12H19NO3S2. The normalized spacial score (nSPS) is 13.8. The Balaban J connectivity index is 2.78. The van der Waals surface area contributed by atoms with Gasteiger partial charge >= 0.3 is 0 Å². The van der Waals surface area contributed by atoms with Crippen molar-refractivity contribution in [2.45, 2.75) is 30.9 Å². The average Bonchev–Trinajstić information content (AvgIpc) is 2.25. The van der Waals surface area contributed by atoms with E-state index in [1.165, 1.54) is 0 Å². The quantitative estimate of drug-likeness (QED) is 0.833. The molecule has 0 aliphatic rings. The van der Waals surface area contributed by atoms with Gasteiger partial charge in [-0.25, -0.2) is 8.42 Å². The first-order valence-electron chi connectivity index (χ1n) is 5.70. The van der Waals surface area contributed by atoms with Crippen molar-refractivity contribution in [3.8, 4) is 0 Å². The van der Waals surface area contributed by atoms with Gasteiger partial charge < -0.3 is 5.73 Å². The Morgan fingerprint density at radius 1 is 1.33 bits per heavy atom. The molecule has 0 saturated carbocycles. The minimum Gasteiger partial charge on any atom is -0.399 e. The predicted molar refractivity (Wildman–Crippen MR) is 75.8 cm³/mol. The molecule has 0 aliphatic heterocycles. The Labute approximate surface area is 111 Å². The third-order valence-electron chi connectivity index (χ3n) is 2.72. The van der Waals surface area contributed by atoms with Gasteiger partial charge in [0.2, 0.25) is 0 Å². The fourth-order valence-corrected chi connectivity index (χ4v) is 4.33. The second-order valence-corrected chi connectivity index (χ2v) is 8.71. The molecule has 18 heavy (non-hydrogen) atoms. The van der Waals surface area contributed by atoms with Gasteiger partial charge in [-0.2, -0.15) is 0 Å². The van der Waals surface area contributed by atoms with E-state index in [2.05, 4.69) is 0 Å². The summed E-state index contributed by atoms with van der Waals surface area (Å²) in [6.07, 6.45) is 0. The van der Waals surface area contributed by atoms with E-state index in [0.29, 0.717) is 10.6 Å². The molecule has 4 nitrogen and oxygen atoms in total. The molecule has 2 N–H and O–H groups in total. The second-order valence-electron chi connectivity index (χ2n) is 4.49. The lowest BCUT2D eigenvalue weighted by Crippen LogP contribution is -2.21. The molecule has 1 aromatic carbocycles. The van der Waals surface area contributed by atoms with Crippen LogP contribution in [0, 0.1) is 6.92 Å². The monoisotopic (exact) mass is 289 g/mol. The second kappa shape index (κ2) is 5.84. The Hall–Kier alpha value is -0.880. The average molecular weight is 289 g/mol. The van der Waals surface area contributed by atoms with E-state index in [4.69, 9.17) is 5.73 Å². The fraction of sp³-hybridized carbons (Fsp3) is 0.500. The van der Waals surface area contributed by atoms with Crippen LogP contribution < -0.4 is 5.73 Å². The molecule has 1 rings (SSSR count). The first-order valence-corrected chi connectivity index (χ1v) is 8.73. The van der Waals surface area contributed by atoms with Gasteiger partial charge in [0.05, 0.1) is 21.8 Å². The van der Waals surface area contributed by atoms with Gasteiger partial charge in [0.1, 0.15) is 0 Å². The van der Waals surface area contributed by atoms with E-state index in [1.807, 2.05) is 6.92 Å². The van der Waals surface area contributed by atoms with Crippen molar-refractivity contribution in [2.24, 2.45) is 0 Å². The van der Waals surface area contributed by atoms with E-state index >= 15 is 0 Å². The maximum absolute atomic E-state index is 12.1. The van der Waals surface area contributed by atoms with Crippen molar-refractivity contribution in [3.05, 3.63) is 23.8 Å². The van der Waals surface area contributed by atoms with E-state index < -0.39 is 25.9 Å². The zero-order valence-corrected chi connectivity index (χ0v) is 12.5. The maximum atomic E-state index is 12.1. The van der Waals surface area contributed by atoms with Crippen LogP contribution in [0.2, 0.25) is 0 Å². The lowest BCUT2D eigenvalue weighted by Gasteiger charge is -2.09. The van der Waals surface area contributed by atoms with Crippen LogP contribution in [-0.2, 0) is 20.6 Å². The molecule has 0 saturated heterocycles. The Morgan fingerprint density at radius 2 is 1.94 bits per heavy atom. The highest BCUT2D eigenvalue weighted by molar-refractivity contribution is 7.93. The highest BCUT2D eigenvalue weighted by Crippen LogP contribution is 2.17. The zero-order valence-electron chi connectivity index (χ0n) is 10.8. The predicted octanol–water partition coefficient (Wildman–Crippen LogP) is 1.51. The van der Waals surface area contributed by atoms with Gasteiger partial charge in [0, 0.05) is 16.3 Å². The third-order valence-corrected chi connectivity index (χ3v) is 6.71. The third kappa shape index (κ3) is 3.81. The number of hydrogen-bond donors (Lipinski definition) is 1. The van der Waals surface area contributed by atoms with Crippen LogP contribution in [0.5, 0.6) is 0 Å². The van der Waals surface area contributed by atoms with Crippen molar-refractivity contribution < 1.29 is 12.6 Å². The molecule has 0 spiro atoms. The van der Waals surface area contributed by atoms with Crippen LogP contribution >= 0.6 is 0 Å². The van der Waals surface area contributed by atoms with Gasteiger partial charge in [-0.1, -0.05) is 0 Å². The maximum Gasteiger partial charge on any atom is 0.153 e. The highest BCUT2D eigenvalue weighted by Gasteiger charge is 2.18. The standard InChI is InChI=1S/C12H19NO3S2/c1-9(2)18(15,16)7-6-17(14)12-5-4-11(13)8-10(12)3/h4-5,8-9H,6-7,13H2,1-3H3. The molecule has 0 heterocycles. The number of rotatable bonds is 5. The number of anilines is 1. The van der Waals surface area contributed by atoms with Crippen molar-refractivity contribution >= 4 is 26.3 Å². The smallest absolute Gasteiger partial charge is 0.153 e. The van der Waals surface area contributed by atoms with Crippen molar-refractivity contribution in [1.29, 1.82) is 0 Å². The molecule has 1 atom stereocenters. The summed E-state index contributed by atoms with van der Waals surface area (Å²) in [7, 11) is -4.44. The number of sulfone groups is 1. The number of hydrogen-bond acceptors (Lipinski definition) is 4. The van der Waals surface area contributed by atoms with E-state index in [-0.39, 0.29) is 11.5 Å². The van der Waals surface area contributed by atoms with Crippen molar-refractivity contribution in [2.75, 3.05) is 17.2 Å². The summed E-state index contributed by atoms with van der Waals surface area (Å²) in [5.41, 5.74) is 7.06. The summed E-state index contributed by atoms with van der Waals surface area (Å²) in [5, 5.41) is -0.429. The Kier molecular flexibility index (Phi) is 4.92. The molecule has 0 aliphatic carbocycles. The van der Waals surface area contributed by atoms with Crippen LogP contribution in [0.3, 0.4) is 0 Å². The molecule has 0 bridgehead atoms. The zero-order chi connectivity index (χ0) is 13.9. The molecule has 6 heteroatoms. The number of nitrogens with two attached hydrogens (primary N) is 1. The summed E-state index contributed by atoms with van der Waals surface area (Å²) < 4.78 is 35.4. The molecular weight excluding hydrogens is 270 g/mol. The first-order chi connectivity index (χ1) is 8.24. The van der Waals surface area contributed by atoms with Crippen molar-refractivity contribution in [1.82, 2.24) is 0 Å².